The predicted octanol–water partition coefficient (Wildman–Crippen LogP) is 0.353. The van der Waals surface area contributed by atoms with Gasteiger partial charge >= 0.3 is 0 Å². The van der Waals surface area contributed by atoms with Crippen molar-refractivity contribution in [3.05, 3.63) is 52.9 Å². The van der Waals surface area contributed by atoms with E-state index in [2.05, 4.69) is 0 Å². The maximum Gasteiger partial charge on any atom is 0.229 e. The number of methoxy groups -OCH3 is 1. The molecule has 5 N–H and O–H groups in total. The Hall–Kier alpha value is -3.15. The minimum absolute atomic E-state index is 0.0944. The van der Waals surface area contributed by atoms with E-state index in [1.54, 1.807) is 24.3 Å². The van der Waals surface area contributed by atoms with Crippen LogP contribution in [0.2, 0.25) is 0 Å². The molecule has 0 aliphatic carbocycles. The number of aromatic hydroxyl groups is 1. The van der Waals surface area contributed by atoms with Crippen LogP contribution >= 0.6 is 0 Å². The van der Waals surface area contributed by atoms with Crippen LogP contribution in [-0.4, -0.2) is 70.0 Å². The number of hydrogen-bond donors (Lipinski definition) is 5. The van der Waals surface area contributed by atoms with Gasteiger partial charge in [0.05, 0.1) is 24.7 Å². The Labute approximate surface area is 181 Å². The van der Waals surface area contributed by atoms with Crippen LogP contribution < -0.4 is 14.9 Å². The van der Waals surface area contributed by atoms with Crippen LogP contribution in [0.1, 0.15) is 0 Å². The van der Waals surface area contributed by atoms with Crippen LogP contribution in [0.25, 0.3) is 22.1 Å². The minimum Gasteiger partial charge on any atom is -0.502 e. The van der Waals surface area contributed by atoms with Gasteiger partial charge in [0.2, 0.25) is 17.5 Å². The van der Waals surface area contributed by atoms with E-state index < -0.39 is 43.1 Å². The lowest BCUT2D eigenvalue weighted by Crippen LogP contribution is -2.60. The topological polar surface area (TPSA) is 159 Å². The summed E-state index contributed by atoms with van der Waals surface area (Å²) in [6.45, 7) is -0.627. The largest absolute Gasteiger partial charge is 0.502 e. The maximum absolute atomic E-state index is 13.0. The summed E-state index contributed by atoms with van der Waals surface area (Å²) in [5.74, 6) is -0.0772. The van der Waals surface area contributed by atoms with E-state index in [1.165, 1.54) is 25.5 Å². The number of ether oxygens (including phenoxy) is 3. The van der Waals surface area contributed by atoms with Crippen LogP contribution in [0.4, 0.5) is 0 Å². The van der Waals surface area contributed by atoms with Crippen molar-refractivity contribution in [3.8, 4) is 28.4 Å². The third kappa shape index (κ3) is 3.78. The van der Waals surface area contributed by atoms with Gasteiger partial charge in [-0.15, -0.1) is 0 Å². The van der Waals surface area contributed by atoms with Crippen molar-refractivity contribution in [2.75, 3.05) is 13.7 Å². The fourth-order valence-corrected chi connectivity index (χ4v) is 3.52. The maximum atomic E-state index is 13.0. The Morgan fingerprint density at radius 1 is 1.00 bits per heavy atom. The molecule has 2 heterocycles. The zero-order valence-electron chi connectivity index (χ0n) is 16.9. The summed E-state index contributed by atoms with van der Waals surface area (Å²) in [6.07, 6.45) is -6.31. The second-order valence-electron chi connectivity index (χ2n) is 7.31. The van der Waals surface area contributed by atoms with Gasteiger partial charge in [-0.3, -0.25) is 4.79 Å². The van der Waals surface area contributed by atoms with Crippen LogP contribution in [0, 0.1) is 0 Å². The molecule has 4 rings (SSSR count). The second-order valence-corrected chi connectivity index (χ2v) is 7.31. The molecule has 2 aromatic carbocycles. The standard InChI is InChI=1S/C22H22O10/c1-29-11-4-2-10(3-5-11)13-9-30-21-12(16(13)24)6-7-14(18(21)26)31-22-20(28)19(27)17(25)15(8-23)32-22/h2-7,9,15,17,19-20,22-23,25-28H,8H2,1H3/t15-,17-,19+,20-,22-/m1/s1. The van der Waals surface area contributed by atoms with Gasteiger partial charge < -0.3 is 44.2 Å². The normalized spacial score (nSPS) is 25.6. The molecule has 0 unspecified atom stereocenters. The van der Waals surface area contributed by atoms with Gasteiger partial charge in [0.1, 0.15) is 36.4 Å². The van der Waals surface area contributed by atoms with Gasteiger partial charge in [0.15, 0.2) is 11.3 Å². The first-order chi connectivity index (χ1) is 15.3. The number of aliphatic hydroxyl groups is 4. The van der Waals surface area contributed by atoms with E-state index in [0.717, 1.165) is 0 Å². The molecule has 0 radical (unpaired) electrons. The van der Waals surface area contributed by atoms with Gasteiger partial charge in [0, 0.05) is 0 Å². The number of rotatable bonds is 5. The SMILES string of the molecule is COc1ccc(-c2coc3c(O)c(O[C@@H]4O[C@H](CO)[C@@H](O)[C@H](O)[C@H]4O)ccc3c2=O)cc1. The molecule has 1 fully saturated rings. The lowest BCUT2D eigenvalue weighted by atomic mass is 9.99. The van der Waals surface area contributed by atoms with E-state index in [0.29, 0.717) is 11.3 Å². The highest BCUT2D eigenvalue weighted by Gasteiger charge is 2.45. The number of aliphatic hydroxyl groups excluding tert-OH is 4. The molecule has 1 aliphatic rings. The highest BCUT2D eigenvalue weighted by Crippen LogP contribution is 2.36. The molecule has 5 atom stereocenters. The quantitative estimate of drug-likeness (QED) is 0.370. The molecule has 3 aromatic rings. The average molecular weight is 446 g/mol. The van der Waals surface area contributed by atoms with E-state index in [-0.39, 0.29) is 27.7 Å². The van der Waals surface area contributed by atoms with Gasteiger partial charge in [0.25, 0.3) is 0 Å². The van der Waals surface area contributed by atoms with Crippen molar-refractivity contribution in [3.63, 3.8) is 0 Å². The number of fused-ring (bicyclic) bond motifs is 1. The van der Waals surface area contributed by atoms with Crippen molar-refractivity contribution in [1.29, 1.82) is 0 Å². The zero-order chi connectivity index (χ0) is 23.0. The van der Waals surface area contributed by atoms with Crippen molar-refractivity contribution in [2.24, 2.45) is 0 Å². The molecule has 10 nitrogen and oxygen atoms in total. The molecule has 0 bridgehead atoms. The Bertz CT molecular complexity index is 1150. The van der Waals surface area contributed by atoms with Crippen LogP contribution in [0.5, 0.6) is 17.2 Å². The third-order valence-corrected chi connectivity index (χ3v) is 5.37. The predicted molar refractivity (Wildman–Crippen MR) is 111 cm³/mol. The summed E-state index contributed by atoms with van der Waals surface area (Å²) in [7, 11) is 1.53. The van der Waals surface area contributed by atoms with Gasteiger partial charge in [-0.2, -0.15) is 0 Å². The molecule has 170 valence electrons. The highest BCUT2D eigenvalue weighted by molar-refractivity contribution is 5.87. The Morgan fingerprint density at radius 2 is 1.72 bits per heavy atom. The van der Waals surface area contributed by atoms with Crippen molar-refractivity contribution in [1.82, 2.24) is 0 Å². The van der Waals surface area contributed by atoms with Crippen LogP contribution in [0.3, 0.4) is 0 Å². The molecule has 10 heteroatoms. The Kier molecular flexibility index (Phi) is 6.04. The van der Waals surface area contributed by atoms with E-state index in [1.807, 2.05) is 0 Å². The number of phenols is 1. The molecular weight excluding hydrogens is 424 g/mol. The fraction of sp³-hybridized carbons (Fsp3) is 0.318. The minimum atomic E-state index is -1.66. The molecule has 32 heavy (non-hydrogen) atoms. The van der Waals surface area contributed by atoms with Crippen molar-refractivity contribution < 1.29 is 44.2 Å². The molecule has 1 aliphatic heterocycles. The van der Waals surface area contributed by atoms with E-state index in [9.17, 15) is 30.3 Å². The van der Waals surface area contributed by atoms with Crippen molar-refractivity contribution >= 4 is 11.0 Å². The van der Waals surface area contributed by atoms with Gasteiger partial charge in [-0.05, 0) is 29.8 Å². The highest BCUT2D eigenvalue weighted by atomic mass is 16.7. The van der Waals surface area contributed by atoms with Gasteiger partial charge in [-0.1, -0.05) is 12.1 Å². The Balaban J connectivity index is 1.66. The molecule has 0 amide bonds. The molecule has 1 saturated heterocycles. The zero-order valence-corrected chi connectivity index (χ0v) is 16.9. The van der Waals surface area contributed by atoms with Crippen LogP contribution in [-0.2, 0) is 4.74 Å². The van der Waals surface area contributed by atoms with Crippen LogP contribution in [0.15, 0.2) is 51.9 Å². The summed E-state index contributed by atoms with van der Waals surface area (Å²) in [4.78, 5) is 13.0. The number of benzene rings is 2. The molecule has 0 saturated carbocycles. The summed E-state index contributed by atoms with van der Waals surface area (Å²) in [5.41, 5.74) is 0.352. The lowest BCUT2D eigenvalue weighted by molar-refractivity contribution is -0.277. The summed E-state index contributed by atoms with van der Waals surface area (Å²) < 4.78 is 21.4. The third-order valence-electron chi connectivity index (χ3n) is 5.37. The first-order valence-corrected chi connectivity index (χ1v) is 9.74. The summed E-state index contributed by atoms with van der Waals surface area (Å²) in [5, 5.41) is 49.8. The summed E-state index contributed by atoms with van der Waals surface area (Å²) >= 11 is 0. The second kappa shape index (κ2) is 8.77. The van der Waals surface area contributed by atoms with E-state index >= 15 is 0 Å². The fourth-order valence-electron chi connectivity index (χ4n) is 3.52. The van der Waals surface area contributed by atoms with E-state index in [4.69, 9.17) is 18.6 Å². The first kappa shape index (κ1) is 22.1. The summed E-state index contributed by atoms with van der Waals surface area (Å²) in [6, 6.07) is 9.48. The lowest BCUT2D eigenvalue weighted by Gasteiger charge is -2.39. The molecule has 1 aromatic heterocycles. The first-order valence-electron chi connectivity index (χ1n) is 9.74. The number of phenolic OH excluding ortho intramolecular Hbond substituents is 1. The van der Waals surface area contributed by atoms with Crippen molar-refractivity contribution in [2.45, 2.75) is 30.7 Å². The monoisotopic (exact) mass is 446 g/mol. The smallest absolute Gasteiger partial charge is 0.229 e. The average Bonchev–Trinajstić information content (AvgIpc) is 2.81. The molecule has 0 spiro atoms. The molecular formula is C22H22O10. The number of hydrogen-bond acceptors (Lipinski definition) is 10. The van der Waals surface area contributed by atoms with Gasteiger partial charge in [-0.25, -0.2) is 0 Å². The Morgan fingerprint density at radius 3 is 2.38 bits per heavy atom.